The number of piperazine rings is 1. The van der Waals surface area contributed by atoms with E-state index in [0.717, 1.165) is 35.5 Å². The van der Waals surface area contributed by atoms with Crippen LogP contribution in [0, 0.1) is 6.92 Å². The van der Waals surface area contributed by atoms with Gasteiger partial charge in [-0.2, -0.15) is 0 Å². The summed E-state index contributed by atoms with van der Waals surface area (Å²) in [7, 11) is 7.57. The van der Waals surface area contributed by atoms with Crippen molar-refractivity contribution in [3.8, 4) is 5.88 Å². The number of hydrogen-bond donors (Lipinski definition) is 0. The zero-order chi connectivity index (χ0) is 17.6. The van der Waals surface area contributed by atoms with E-state index >= 15 is 0 Å². The molecule has 3 saturated heterocycles. The Balaban J connectivity index is 1.43. The van der Waals surface area contributed by atoms with Gasteiger partial charge in [-0.15, -0.1) is 0 Å². The average Bonchev–Trinajstić information content (AvgIpc) is 2.62. The molecule has 0 aromatic carbocycles. The highest BCUT2D eigenvalue weighted by atomic mass is 79.9. The van der Waals surface area contributed by atoms with Gasteiger partial charge in [-0.25, -0.2) is 9.97 Å². The topological polar surface area (TPSA) is 41.5 Å². The van der Waals surface area contributed by atoms with E-state index < -0.39 is 0 Å². The largest absolute Gasteiger partial charge is 0.481 e. The first-order valence-electron chi connectivity index (χ1n) is 8.46. The zero-order valence-corrected chi connectivity index (χ0v) is 16.0. The molecule has 0 saturated carbocycles. The number of methoxy groups -OCH3 is 1. The number of hydrogen-bond acceptors (Lipinski definition) is 5. The number of nitrogens with zero attached hydrogens (tertiary/aromatic N) is 4. The van der Waals surface area contributed by atoms with Gasteiger partial charge in [0, 0.05) is 48.6 Å². The molecule has 0 spiro atoms. The van der Waals surface area contributed by atoms with E-state index in [1.165, 1.54) is 12.0 Å². The number of piperidine rings is 1. The van der Waals surface area contributed by atoms with Crippen LogP contribution in [0.1, 0.15) is 17.5 Å². The van der Waals surface area contributed by atoms with Crippen LogP contribution >= 0.6 is 15.9 Å². The maximum absolute atomic E-state index is 5.98. The quantitative estimate of drug-likeness (QED) is 0.734. The maximum Gasteiger partial charge on any atom is 0.205 e. The second kappa shape index (κ2) is 6.61. The van der Waals surface area contributed by atoms with Crippen molar-refractivity contribution < 1.29 is 4.74 Å². The average molecular weight is 399 g/mol. The maximum atomic E-state index is 5.98. The molecule has 25 heavy (non-hydrogen) atoms. The van der Waals surface area contributed by atoms with E-state index in [9.17, 15) is 0 Å². The summed E-state index contributed by atoms with van der Waals surface area (Å²) in [6.45, 7) is 5.03. The third kappa shape index (κ3) is 3.15. The molecule has 0 amide bonds. The number of fused-ring (bicyclic) bond motifs is 2. The van der Waals surface area contributed by atoms with Gasteiger partial charge in [0.2, 0.25) is 5.88 Å². The molecule has 7 heteroatoms. The molecular weight excluding hydrogens is 379 g/mol. The van der Waals surface area contributed by atoms with E-state index in [1.54, 1.807) is 7.11 Å². The van der Waals surface area contributed by atoms with Crippen LogP contribution in [0.2, 0.25) is 0 Å². The van der Waals surface area contributed by atoms with E-state index in [1.807, 2.05) is 18.5 Å². The van der Waals surface area contributed by atoms with Crippen LogP contribution in [-0.2, 0) is 6.54 Å². The van der Waals surface area contributed by atoms with Gasteiger partial charge in [0.15, 0.2) is 0 Å². The lowest BCUT2D eigenvalue weighted by Crippen LogP contribution is -2.68. The highest BCUT2D eigenvalue weighted by Crippen LogP contribution is 2.35. The summed E-state index contributed by atoms with van der Waals surface area (Å²) < 4.78 is 6.19. The number of rotatable bonds is 4. The molecule has 3 aliphatic heterocycles. The van der Waals surface area contributed by atoms with Crippen molar-refractivity contribution in [1.82, 2.24) is 14.9 Å². The van der Waals surface area contributed by atoms with E-state index in [4.69, 9.17) is 12.6 Å². The van der Waals surface area contributed by atoms with Crippen molar-refractivity contribution in [2.75, 3.05) is 25.1 Å². The fourth-order valence-electron chi connectivity index (χ4n) is 3.81. The summed E-state index contributed by atoms with van der Waals surface area (Å²) in [4.78, 5) is 13.8. The Kier molecular flexibility index (Phi) is 4.46. The molecule has 5 heterocycles. The molecule has 2 unspecified atom stereocenters. The van der Waals surface area contributed by atoms with Crippen molar-refractivity contribution >= 4 is 35.1 Å². The summed E-state index contributed by atoms with van der Waals surface area (Å²) in [5.74, 6) is 1.57. The molecular formula is C18H20BBrN4O. The highest BCUT2D eigenvalue weighted by molar-refractivity contribution is 9.10. The summed E-state index contributed by atoms with van der Waals surface area (Å²) in [6, 6.07) is 5.26. The second-order valence-corrected chi connectivity index (χ2v) is 7.71. The number of pyridine rings is 2. The summed E-state index contributed by atoms with van der Waals surface area (Å²) in [5, 5.41) is 0. The first-order chi connectivity index (χ1) is 12.0. The molecule has 5 rings (SSSR count). The van der Waals surface area contributed by atoms with Crippen LogP contribution in [0.25, 0.3) is 0 Å². The number of aromatic nitrogens is 2. The predicted molar refractivity (Wildman–Crippen MR) is 103 cm³/mol. The third-order valence-corrected chi connectivity index (χ3v) is 6.03. The normalized spacial score (nSPS) is 22.6. The number of anilines is 1. The minimum atomic E-state index is 0.496. The van der Waals surface area contributed by atoms with E-state index in [2.05, 4.69) is 48.7 Å². The smallest absolute Gasteiger partial charge is 0.205 e. The van der Waals surface area contributed by atoms with Gasteiger partial charge >= 0.3 is 0 Å². The molecule has 0 aliphatic carbocycles. The summed E-state index contributed by atoms with van der Waals surface area (Å²) >= 11 is 3.52. The van der Waals surface area contributed by atoms with Crippen LogP contribution in [-0.4, -0.2) is 55.0 Å². The van der Waals surface area contributed by atoms with Crippen molar-refractivity contribution in [1.29, 1.82) is 0 Å². The predicted octanol–water partition coefficient (Wildman–Crippen LogP) is 1.81. The summed E-state index contributed by atoms with van der Waals surface area (Å²) in [6.07, 6.45) is 5.01. The second-order valence-electron chi connectivity index (χ2n) is 6.85. The Bertz CT molecular complexity index is 791. The Morgan fingerprint density at radius 3 is 2.64 bits per heavy atom. The molecule has 128 valence electrons. The van der Waals surface area contributed by atoms with Gasteiger partial charge in [-0.1, -0.05) is 6.07 Å². The van der Waals surface area contributed by atoms with Crippen LogP contribution in [0.4, 0.5) is 5.82 Å². The lowest BCUT2D eigenvalue weighted by atomic mass is 9.86. The number of halogens is 1. The molecule has 5 nitrogen and oxygen atoms in total. The summed E-state index contributed by atoms with van der Waals surface area (Å²) in [5.41, 5.74) is 2.96. The molecule has 3 aliphatic rings. The Morgan fingerprint density at radius 1 is 1.24 bits per heavy atom. The van der Waals surface area contributed by atoms with Crippen LogP contribution in [0.5, 0.6) is 5.88 Å². The molecule has 2 radical (unpaired) electrons. The van der Waals surface area contributed by atoms with Gasteiger partial charge < -0.3 is 9.64 Å². The fourth-order valence-corrected chi connectivity index (χ4v) is 4.03. The number of ether oxygens (including phenoxy) is 1. The van der Waals surface area contributed by atoms with Crippen molar-refractivity contribution in [2.45, 2.75) is 32.0 Å². The molecule has 2 bridgehead atoms. The van der Waals surface area contributed by atoms with E-state index in [-0.39, 0.29) is 0 Å². The van der Waals surface area contributed by atoms with Crippen molar-refractivity contribution in [3.63, 3.8) is 0 Å². The molecule has 2 atom stereocenters. The SMILES string of the molecule is [B]c1cc(CN2C3CC2CN(c2cc(C)c(Br)cn2)C3)cnc1OC. The Hall–Kier alpha value is -1.60. The monoisotopic (exact) mass is 398 g/mol. The Labute approximate surface area is 157 Å². The molecule has 2 aromatic heterocycles. The molecule has 3 fully saturated rings. The van der Waals surface area contributed by atoms with Gasteiger partial charge in [-0.3, -0.25) is 4.90 Å². The first kappa shape index (κ1) is 16.9. The fraction of sp³-hybridized carbons (Fsp3) is 0.444. The minimum Gasteiger partial charge on any atom is -0.481 e. The van der Waals surface area contributed by atoms with Gasteiger partial charge in [0.05, 0.1) is 7.11 Å². The highest BCUT2D eigenvalue weighted by Gasteiger charge is 2.44. The van der Waals surface area contributed by atoms with Gasteiger partial charge in [0.1, 0.15) is 13.7 Å². The molecule has 2 aromatic rings. The molecule has 0 N–H and O–H groups in total. The third-order valence-electron chi connectivity index (χ3n) is 5.19. The lowest BCUT2D eigenvalue weighted by Gasteiger charge is -2.56. The van der Waals surface area contributed by atoms with Crippen LogP contribution in [0.3, 0.4) is 0 Å². The van der Waals surface area contributed by atoms with E-state index in [0.29, 0.717) is 23.4 Å². The van der Waals surface area contributed by atoms with Crippen molar-refractivity contribution in [3.05, 3.63) is 40.1 Å². The van der Waals surface area contributed by atoms with Crippen molar-refractivity contribution in [2.24, 2.45) is 0 Å². The standard InChI is InChI=1S/C18H20BBrN4O/c1-11-3-17(21-7-16(11)20)23-9-13-5-14(10-23)24(13)8-12-4-15(19)18(25-2)22-6-12/h3-4,6-7,13-14H,5,8-10H2,1-2H3. The van der Waals surface area contributed by atoms with Gasteiger partial charge in [-0.05, 0) is 51.9 Å². The minimum absolute atomic E-state index is 0.496. The number of aryl methyl sites for hydroxylation is 1. The first-order valence-corrected chi connectivity index (χ1v) is 9.25. The van der Waals surface area contributed by atoms with Crippen LogP contribution in [0.15, 0.2) is 29.0 Å². The lowest BCUT2D eigenvalue weighted by molar-refractivity contribution is -0.00875. The van der Waals surface area contributed by atoms with Gasteiger partial charge in [0.25, 0.3) is 0 Å². The van der Waals surface area contributed by atoms with Crippen LogP contribution < -0.4 is 15.1 Å². The zero-order valence-electron chi connectivity index (χ0n) is 14.4. The Morgan fingerprint density at radius 2 is 2.00 bits per heavy atom.